The summed E-state index contributed by atoms with van der Waals surface area (Å²) in [5.74, 6) is -0.492. The fraction of sp³-hybridized carbons (Fsp3) is 0.375. The van der Waals surface area contributed by atoms with Crippen molar-refractivity contribution in [3.05, 3.63) is 40.2 Å². The van der Waals surface area contributed by atoms with Crippen LogP contribution in [0.25, 0.3) is 11.0 Å². The molecule has 0 saturated carbocycles. The third-order valence-electron chi connectivity index (χ3n) is 3.23. The molecule has 1 aromatic heterocycles. The number of hydrogen-bond donors (Lipinski definition) is 2. The highest BCUT2D eigenvalue weighted by molar-refractivity contribution is 5.93. The Bertz CT molecular complexity index is 744. The van der Waals surface area contributed by atoms with Crippen LogP contribution in [-0.4, -0.2) is 49.7 Å². The molecular weight excluding hydrogens is 284 g/mol. The number of fused-ring (bicyclic) bond motifs is 1. The molecule has 0 spiro atoms. The summed E-state index contributed by atoms with van der Waals surface area (Å²) in [7, 11) is 6.24. The van der Waals surface area contributed by atoms with Crippen molar-refractivity contribution in [2.24, 2.45) is 0 Å². The number of aromatic hydroxyl groups is 1. The molecule has 22 heavy (non-hydrogen) atoms. The highest BCUT2D eigenvalue weighted by Crippen LogP contribution is 2.18. The van der Waals surface area contributed by atoms with E-state index in [2.05, 4.69) is 26.5 Å². The van der Waals surface area contributed by atoms with E-state index in [-0.39, 0.29) is 22.5 Å². The summed E-state index contributed by atoms with van der Waals surface area (Å²) in [6.07, 6.45) is 0.827. The molecule has 0 aliphatic heterocycles. The molecule has 2 N–H and O–H groups in total. The lowest BCUT2D eigenvalue weighted by Gasteiger charge is -2.23. The Labute approximate surface area is 128 Å². The number of hydrogen-bond acceptors (Lipinski definition) is 4. The number of amides is 1. The van der Waals surface area contributed by atoms with E-state index in [1.165, 1.54) is 24.3 Å². The van der Waals surface area contributed by atoms with Crippen molar-refractivity contribution in [3.63, 3.8) is 0 Å². The Kier molecular flexibility index (Phi) is 4.51. The van der Waals surface area contributed by atoms with E-state index in [0.717, 1.165) is 17.4 Å². The van der Waals surface area contributed by atoms with E-state index in [1.54, 1.807) is 0 Å². The summed E-state index contributed by atoms with van der Waals surface area (Å²) in [6.45, 7) is 1.44. The van der Waals surface area contributed by atoms with Crippen molar-refractivity contribution in [2.45, 2.75) is 6.42 Å². The second-order valence-corrected chi connectivity index (χ2v) is 6.28. The van der Waals surface area contributed by atoms with Gasteiger partial charge in [-0.2, -0.15) is 0 Å². The minimum atomic E-state index is -0.427. The van der Waals surface area contributed by atoms with Gasteiger partial charge in [-0.1, -0.05) is 0 Å². The molecule has 2 aromatic rings. The predicted molar refractivity (Wildman–Crippen MR) is 84.0 cm³/mol. The smallest absolute Gasteiger partial charge is 0.287 e. The average Bonchev–Trinajstić information content (AvgIpc) is 2.41. The molecule has 1 aromatic carbocycles. The largest absolute Gasteiger partial charge is 0.508 e. The molecule has 2 rings (SSSR count). The molecule has 0 atom stereocenters. The van der Waals surface area contributed by atoms with E-state index in [9.17, 15) is 14.7 Å². The highest BCUT2D eigenvalue weighted by Gasteiger charge is 2.13. The summed E-state index contributed by atoms with van der Waals surface area (Å²) in [4.78, 5) is 24.0. The summed E-state index contributed by atoms with van der Waals surface area (Å²) >= 11 is 0. The second kappa shape index (κ2) is 6.19. The van der Waals surface area contributed by atoms with Gasteiger partial charge in [0.1, 0.15) is 11.3 Å². The van der Waals surface area contributed by atoms with Crippen molar-refractivity contribution in [1.82, 2.24) is 5.32 Å². The normalized spacial score (nSPS) is 11.6. The zero-order valence-electron chi connectivity index (χ0n) is 13.0. The van der Waals surface area contributed by atoms with Crippen molar-refractivity contribution in [1.29, 1.82) is 0 Å². The number of benzene rings is 1. The first kappa shape index (κ1) is 16.0. The Morgan fingerprint density at radius 1 is 1.27 bits per heavy atom. The summed E-state index contributed by atoms with van der Waals surface area (Å²) < 4.78 is 6.23. The van der Waals surface area contributed by atoms with Crippen molar-refractivity contribution in [3.8, 4) is 5.75 Å². The summed E-state index contributed by atoms with van der Waals surface area (Å²) in [5.41, 5.74) is -0.109. The molecule has 6 nitrogen and oxygen atoms in total. The first-order valence-corrected chi connectivity index (χ1v) is 7.12. The number of carbonyl (C=O) groups excluding carboxylic acids is 1. The van der Waals surface area contributed by atoms with E-state index >= 15 is 0 Å². The molecule has 6 heteroatoms. The Hall–Kier alpha value is -2.34. The van der Waals surface area contributed by atoms with Gasteiger partial charge in [-0.05, 0) is 12.1 Å². The van der Waals surface area contributed by atoms with Crippen LogP contribution in [0.2, 0.25) is 0 Å². The van der Waals surface area contributed by atoms with E-state index < -0.39 is 5.91 Å². The maximum absolute atomic E-state index is 12.0. The van der Waals surface area contributed by atoms with E-state index in [1.807, 2.05) is 0 Å². The van der Waals surface area contributed by atoms with Gasteiger partial charge in [-0.3, -0.25) is 9.59 Å². The number of carbonyl (C=O) groups is 1. The molecular formula is C16H21N2O4+. The van der Waals surface area contributed by atoms with Crippen LogP contribution in [0.5, 0.6) is 5.75 Å². The van der Waals surface area contributed by atoms with E-state index in [0.29, 0.717) is 11.9 Å². The summed E-state index contributed by atoms with van der Waals surface area (Å²) in [6, 6.07) is 5.38. The first-order valence-electron chi connectivity index (χ1n) is 7.12. The van der Waals surface area contributed by atoms with Crippen LogP contribution < -0.4 is 10.7 Å². The van der Waals surface area contributed by atoms with Crippen LogP contribution in [0.4, 0.5) is 0 Å². The minimum absolute atomic E-state index is 0.0175. The molecule has 0 fully saturated rings. The van der Waals surface area contributed by atoms with Crippen molar-refractivity contribution < 1.29 is 18.8 Å². The zero-order valence-corrected chi connectivity index (χ0v) is 13.0. The molecule has 0 aliphatic carbocycles. The number of nitrogens with one attached hydrogen (secondary N) is 1. The predicted octanol–water partition coefficient (Wildman–Crippen LogP) is 1.32. The number of rotatable bonds is 5. The lowest BCUT2D eigenvalue weighted by atomic mass is 10.2. The maximum atomic E-state index is 12.0. The van der Waals surface area contributed by atoms with Gasteiger partial charge in [0.05, 0.1) is 33.1 Å². The van der Waals surface area contributed by atoms with Gasteiger partial charge in [-0.25, -0.2) is 0 Å². The maximum Gasteiger partial charge on any atom is 0.287 e. The van der Waals surface area contributed by atoms with Crippen LogP contribution in [0.3, 0.4) is 0 Å². The third kappa shape index (κ3) is 4.08. The monoisotopic (exact) mass is 305 g/mol. The second-order valence-electron chi connectivity index (χ2n) is 6.28. The number of phenolic OH excluding ortho intramolecular Hbond substituents is 1. The van der Waals surface area contributed by atoms with Gasteiger partial charge in [0, 0.05) is 25.1 Å². The Morgan fingerprint density at radius 2 is 2.00 bits per heavy atom. The lowest BCUT2D eigenvalue weighted by molar-refractivity contribution is -0.870. The third-order valence-corrected chi connectivity index (χ3v) is 3.23. The Balaban J connectivity index is 2.10. The first-order chi connectivity index (χ1) is 10.3. The standard InChI is InChI=1S/C16H20N2O4/c1-18(2,3)8-4-7-17-16(21)15-10-13(20)12-6-5-11(19)9-14(12)22-15/h5-6,9-10H,4,7-8H2,1-3H3,(H-,17,19,20,21)/p+1. The van der Waals surface area contributed by atoms with Gasteiger partial charge < -0.3 is 19.3 Å². The molecule has 0 bridgehead atoms. The minimum Gasteiger partial charge on any atom is -0.508 e. The van der Waals surface area contributed by atoms with Crippen LogP contribution in [0.15, 0.2) is 33.5 Å². The zero-order chi connectivity index (χ0) is 16.3. The Morgan fingerprint density at radius 3 is 2.68 bits per heavy atom. The molecule has 118 valence electrons. The fourth-order valence-corrected chi connectivity index (χ4v) is 2.10. The van der Waals surface area contributed by atoms with Crippen molar-refractivity contribution in [2.75, 3.05) is 34.2 Å². The van der Waals surface area contributed by atoms with Gasteiger partial charge in [0.15, 0.2) is 11.2 Å². The van der Waals surface area contributed by atoms with Crippen LogP contribution in [0.1, 0.15) is 17.0 Å². The molecule has 0 aliphatic rings. The lowest BCUT2D eigenvalue weighted by Crippen LogP contribution is -2.37. The molecule has 0 saturated heterocycles. The number of phenols is 1. The molecule has 1 heterocycles. The number of quaternary nitrogens is 1. The highest BCUT2D eigenvalue weighted by atomic mass is 16.3. The average molecular weight is 305 g/mol. The van der Waals surface area contributed by atoms with Crippen LogP contribution in [0, 0.1) is 0 Å². The van der Waals surface area contributed by atoms with Gasteiger partial charge in [0.2, 0.25) is 0 Å². The quantitative estimate of drug-likeness (QED) is 0.645. The topological polar surface area (TPSA) is 79.5 Å². The van der Waals surface area contributed by atoms with E-state index in [4.69, 9.17) is 4.42 Å². The molecule has 0 radical (unpaired) electrons. The van der Waals surface area contributed by atoms with Crippen LogP contribution in [-0.2, 0) is 0 Å². The van der Waals surface area contributed by atoms with Crippen LogP contribution >= 0.6 is 0 Å². The van der Waals surface area contributed by atoms with Gasteiger partial charge in [-0.15, -0.1) is 0 Å². The molecule has 1 amide bonds. The number of nitrogens with zero attached hydrogens (tertiary/aromatic N) is 1. The van der Waals surface area contributed by atoms with Gasteiger partial charge >= 0.3 is 0 Å². The SMILES string of the molecule is C[N+](C)(C)CCCNC(=O)c1cc(=O)c2ccc(O)cc2o1. The fourth-order valence-electron chi connectivity index (χ4n) is 2.10. The summed E-state index contributed by atoms with van der Waals surface area (Å²) in [5, 5.41) is 12.5. The molecule has 0 unspecified atom stereocenters. The van der Waals surface area contributed by atoms with Crippen molar-refractivity contribution >= 4 is 16.9 Å². The van der Waals surface area contributed by atoms with Gasteiger partial charge in [0.25, 0.3) is 5.91 Å².